The van der Waals surface area contributed by atoms with E-state index in [9.17, 15) is 0 Å². The molecule has 2 nitrogen and oxygen atoms in total. The van der Waals surface area contributed by atoms with Crippen molar-refractivity contribution in [2.75, 3.05) is 4.90 Å². The average Bonchev–Trinajstić information content (AvgIpc) is 2.90. The summed E-state index contributed by atoms with van der Waals surface area (Å²) in [6.07, 6.45) is 11.4. The first kappa shape index (κ1) is 15.2. The van der Waals surface area contributed by atoms with Crippen LogP contribution in [-0.4, -0.2) is 4.98 Å². The fraction of sp³-hybridized carbons (Fsp3) is 0.542. The lowest BCUT2D eigenvalue weighted by atomic mass is 9.47. The van der Waals surface area contributed by atoms with E-state index in [0.717, 1.165) is 23.7 Å². The molecule has 4 saturated carbocycles. The molecule has 2 aromatic rings. The number of aromatic nitrogens is 1. The number of fused-ring (bicyclic) bond motifs is 1. The Morgan fingerprint density at radius 1 is 0.962 bits per heavy atom. The van der Waals surface area contributed by atoms with E-state index >= 15 is 0 Å². The molecular formula is C24H28N2. The Morgan fingerprint density at radius 2 is 1.65 bits per heavy atom. The van der Waals surface area contributed by atoms with Crippen molar-refractivity contribution in [3.63, 3.8) is 0 Å². The summed E-state index contributed by atoms with van der Waals surface area (Å²) in [6, 6.07) is 11.8. The van der Waals surface area contributed by atoms with Gasteiger partial charge in [0.1, 0.15) is 0 Å². The largest absolute Gasteiger partial charge is 0.354 e. The Balaban J connectivity index is 1.62. The first-order chi connectivity index (χ1) is 12.7. The number of rotatable bonds is 1. The van der Waals surface area contributed by atoms with E-state index in [1.54, 1.807) is 5.56 Å². The van der Waals surface area contributed by atoms with Crippen molar-refractivity contribution in [1.29, 1.82) is 0 Å². The van der Waals surface area contributed by atoms with E-state index in [-0.39, 0.29) is 5.54 Å². The van der Waals surface area contributed by atoms with Gasteiger partial charge in [-0.15, -0.1) is 0 Å². The number of hydrogen-bond acceptors (Lipinski definition) is 2. The van der Waals surface area contributed by atoms with Gasteiger partial charge in [-0.1, -0.05) is 18.2 Å². The van der Waals surface area contributed by atoms with Crippen molar-refractivity contribution >= 4 is 5.69 Å². The highest BCUT2D eigenvalue weighted by molar-refractivity contribution is 5.64. The molecule has 134 valence electrons. The number of benzene rings is 1. The van der Waals surface area contributed by atoms with E-state index < -0.39 is 0 Å². The van der Waals surface area contributed by atoms with Gasteiger partial charge in [0.15, 0.2) is 0 Å². The van der Waals surface area contributed by atoms with Crippen LogP contribution < -0.4 is 4.90 Å². The zero-order chi connectivity index (χ0) is 17.5. The summed E-state index contributed by atoms with van der Waals surface area (Å²) in [6.45, 7) is 4.71. The third kappa shape index (κ3) is 1.71. The summed E-state index contributed by atoms with van der Waals surface area (Å²) in [5.41, 5.74) is 6.12. The SMILES string of the molecule is Cc1ccccc1N1C(C)c2ccncc2C12C1CC3CC(C1)CC2C3. The van der Waals surface area contributed by atoms with Gasteiger partial charge in [-0.3, -0.25) is 4.98 Å². The third-order valence-electron chi connectivity index (χ3n) is 8.28. The monoisotopic (exact) mass is 344 g/mol. The van der Waals surface area contributed by atoms with E-state index in [1.165, 1.54) is 48.9 Å². The summed E-state index contributed by atoms with van der Waals surface area (Å²) < 4.78 is 0. The van der Waals surface area contributed by atoms with Crippen LogP contribution in [0.5, 0.6) is 0 Å². The van der Waals surface area contributed by atoms with E-state index in [0.29, 0.717) is 6.04 Å². The number of hydrogen-bond donors (Lipinski definition) is 0. The van der Waals surface area contributed by atoms with Gasteiger partial charge in [0.05, 0.1) is 11.6 Å². The predicted molar refractivity (Wildman–Crippen MR) is 105 cm³/mol. The number of nitrogens with zero attached hydrogens (tertiary/aromatic N) is 2. The maximum atomic E-state index is 4.62. The molecule has 0 N–H and O–H groups in total. The molecule has 26 heavy (non-hydrogen) atoms. The average molecular weight is 345 g/mol. The molecule has 1 aromatic carbocycles. The molecule has 1 aliphatic heterocycles. The topological polar surface area (TPSA) is 16.1 Å². The summed E-state index contributed by atoms with van der Waals surface area (Å²) in [7, 11) is 0. The molecule has 2 heterocycles. The molecule has 2 heteroatoms. The first-order valence-corrected chi connectivity index (χ1v) is 10.5. The molecule has 4 aliphatic carbocycles. The quantitative estimate of drug-likeness (QED) is 0.667. The summed E-state index contributed by atoms with van der Waals surface area (Å²) in [5, 5.41) is 0. The van der Waals surface area contributed by atoms with Gasteiger partial charge in [-0.25, -0.2) is 0 Å². The van der Waals surface area contributed by atoms with Crippen LogP contribution in [-0.2, 0) is 5.54 Å². The molecule has 7 rings (SSSR count). The third-order valence-corrected chi connectivity index (χ3v) is 8.28. The Labute approximate surface area is 156 Å². The Bertz CT molecular complexity index is 842. The maximum Gasteiger partial charge on any atom is 0.0735 e. The van der Waals surface area contributed by atoms with Gasteiger partial charge in [-0.05, 0) is 92.9 Å². The fourth-order valence-electron chi connectivity index (χ4n) is 7.67. The minimum absolute atomic E-state index is 0.183. The van der Waals surface area contributed by atoms with Crippen molar-refractivity contribution in [2.45, 2.75) is 57.5 Å². The van der Waals surface area contributed by atoms with Gasteiger partial charge in [-0.2, -0.15) is 0 Å². The van der Waals surface area contributed by atoms with Gasteiger partial charge < -0.3 is 4.90 Å². The zero-order valence-electron chi connectivity index (χ0n) is 15.9. The first-order valence-electron chi connectivity index (χ1n) is 10.5. The molecule has 0 saturated heterocycles. The lowest BCUT2D eigenvalue weighted by Crippen LogP contribution is -2.62. The Hall–Kier alpha value is -1.83. The van der Waals surface area contributed by atoms with Crippen molar-refractivity contribution in [3.8, 4) is 0 Å². The highest BCUT2D eigenvalue weighted by Gasteiger charge is 2.64. The van der Waals surface area contributed by atoms with Crippen LogP contribution in [0, 0.1) is 30.6 Å². The minimum Gasteiger partial charge on any atom is -0.354 e. The van der Waals surface area contributed by atoms with Crippen molar-refractivity contribution in [3.05, 3.63) is 59.4 Å². The van der Waals surface area contributed by atoms with Crippen LogP contribution in [0.2, 0.25) is 0 Å². The number of para-hydroxylation sites is 1. The van der Waals surface area contributed by atoms with E-state index in [4.69, 9.17) is 0 Å². The van der Waals surface area contributed by atoms with Crippen LogP contribution in [0.15, 0.2) is 42.7 Å². The molecule has 4 fully saturated rings. The molecule has 1 spiro atoms. The van der Waals surface area contributed by atoms with Gasteiger partial charge in [0, 0.05) is 23.6 Å². The standard InChI is InChI=1S/C24H28N2/c1-15-5-3-4-6-23(15)26-16(2)21-7-8-25-14-22(21)24(26)19-10-17-9-18(12-19)13-20(24)11-17/h3-8,14,16-20H,9-13H2,1-2H3. The van der Waals surface area contributed by atoms with Crippen molar-refractivity contribution in [2.24, 2.45) is 23.7 Å². The fourth-order valence-corrected chi connectivity index (χ4v) is 7.67. The highest BCUT2D eigenvalue weighted by atomic mass is 15.3. The van der Waals surface area contributed by atoms with Crippen molar-refractivity contribution in [1.82, 2.24) is 4.98 Å². The molecule has 5 aliphatic rings. The van der Waals surface area contributed by atoms with Gasteiger partial charge in [0.25, 0.3) is 0 Å². The van der Waals surface area contributed by atoms with Crippen molar-refractivity contribution < 1.29 is 0 Å². The maximum absolute atomic E-state index is 4.62. The molecule has 4 bridgehead atoms. The lowest BCUT2D eigenvalue weighted by Gasteiger charge is -2.64. The van der Waals surface area contributed by atoms with Crippen LogP contribution in [0.25, 0.3) is 0 Å². The normalized spacial score (nSPS) is 39.6. The second-order valence-electron chi connectivity index (χ2n) is 9.43. The van der Waals surface area contributed by atoms with Crippen LogP contribution in [0.1, 0.15) is 61.8 Å². The Morgan fingerprint density at radius 3 is 2.35 bits per heavy atom. The van der Waals surface area contributed by atoms with E-state index in [2.05, 4.69) is 60.3 Å². The lowest BCUT2D eigenvalue weighted by molar-refractivity contribution is -0.0603. The second-order valence-corrected chi connectivity index (χ2v) is 9.43. The summed E-state index contributed by atoms with van der Waals surface area (Å²) >= 11 is 0. The summed E-state index contributed by atoms with van der Waals surface area (Å²) in [5.74, 6) is 3.56. The second kappa shape index (κ2) is 5.12. The van der Waals surface area contributed by atoms with E-state index in [1.807, 2.05) is 6.20 Å². The smallest absolute Gasteiger partial charge is 0.0735 e. The number of aryl methyl sites for hydroxylation is 1. The Kier molecular flexibility index (Phi) is 3.00. The minimum atomic E-state index is 0.183. The highest BCUT2D eigenvalue weighted by Crippen LogP contribution is 2.68. The molecule has 1 aromatic heterocycles. The van der Waals surface area contributed by atoms with Crippen LogP contribution in [0.3, 0.4) is 0 Å². The van der Waals surface area contributed by atoms with Gasteiger partial charge in [0.2, 0.25) is 0 Å². The number of anilines is 1. The summed E-state index contributed by atoms with van der Waals surface area (Å²) in [4.78, 5) is 7.47. The zero-order valence-corrected chi connectivity index (χ0v) is 15.9. The predicted octanol–water partition coefficient (Wildman–Crippen LogP) is 5.62. The van der Waals surface area contributed by atoms with Crippen LogP contribution in [0.4, 0.5) is 5.69 Å². The van der Waals surface area contributed by atoms with Crippen LogP contribution >= 0.6 is 0 Å². The van der Waals surface area contributed by atoms with Gasteiger partial charge >= 0.3 is 0 Å². The molecule has 1 unspecified atom stereocenters. The molecular weight excluding hydrogens is 316 g/mol. The number of pyridine rings is 1. The molecule has 1 atom stereocenters. The molecule has 0 radical (unpaired) electrons. The molecule has 0 amide bonds.